The lowest BCUT2D eigenvalue weighted by atomic mass is 10.2. The van der Waals surface area contributed by atoms with Crippen LogP contribution in [0.5, 0.6) is 0 Å². The molecule has 2 aromatic heterocycles. The van der Waals surface area contributed by atoms with Crippen LogP contribution >= 0.6 is 38.6 Å². The van der Waals surface area contributed by atoms with Crippen molar-refractivity contribution >= 4 is 44.3 Å². The molecule has 0 saturated carbocycles. The van der Waals surface area contributed by atoms with Gasteiger partial charge in [0, 0.05) is 19.9 Å². The average molecular weight is 350 g/mol. The third-order valence-electron chi connectivity index (χ3n) is 2.83. The summed E-state index contributed by atoms with van der Waals surface area (Å²) in [7, 11) is 0. The largest absolute Gasteiger partial charge is 0.372 e. The Morgan fingerprint density at radius 1 is 0.842 bits per heavy atom. The number of nitrogens with one attached hydrogen (secondary N) is 1. The van der Waals surface area contributed by atoms with Gasteiger partial charge in [0.05, 0.1) is 6.04 Å². The fourth-order valence-electron chi connectivity index (χ4n) is 1.93. The van der Waals surface area contributed by atoms with Gasteiger partial charge in [-0.05, 0) is 51.0 Å². The Morgan fingerprint density at radius 2 is 1.47 bits per heavy atom. The third-order valence-corrected chi connectivity index (χ3v) is 5.39. The van der Waals surface area contributed by atoms with Crippen LogP contribution in [0.4, 0.5) is 5.69 Å². The lowest BCUT2D eigenvalue weighted by Gasteiger charge is -2.18. The van der Waals surface area contributed by atoms with Crippen LogP contribution in [0.1, 0.15) is 15.8 Å². The van der Waals surface area contributed by atoms with E-state index in [9.17, 15) is 0 Å². The molecule has 0 aliphatic carbocycles. The van der Waals surface area contributed by atoms with Crippen molar-refractivity contribution in [3.63, 3.8) is 0 Å². The standard InChI is InChI=1S/C15H12BrNS2/c16-11-5-1-2-6-12(11)17-15(13-7-3-9-18-13)14-8-4-10-19-14/h1-10,15,17H. The van der Waals surface area contributed by atoms with Crippen molar-refractivity contribution in [2.24, 2.45) is 0 Å². The first kappa shape index (κ1) is 12.9. The second kappa shape index (κ2) is 5.90. The molecule has 0 radical (unpaired) electrons. The molecule has 0 atom stereocenters. The lowest BCUT2D eigenvalue weighted by Crippen LogP contribution is -2.09. The molecule has 0 spiro atoms. The first-order valence-electron chi connectivity index (χ1n) is 5.92. The van der Waals surface area contributed by atoms with Crippen LogP contribution in [-0.4, -0.2) is 0 Å². The molecule has 2 heterocycles. The fourth-order valence-corrected chi connectivity index (χ4v) is 3.99. The maximum atomic E-state index is 3.63. The summed E-state index contributed by atoms with van der Waals surface area (Å²) in [5, 5.41) is 7.87. The minimum absolute atomic E-state index is 0.221. The number of hydrogen-bond donors (Lipinski definition) is 1. The molecular formula is C15H12BrNS2. The van der Waals surface area contributed by atoms with E-state index in [-0.39, 0.29) is 6.04 Å². The molecule has 0 amide bonds. The van der Waals surface area contributed by atoms with E-state index < -0.39 is 0 Å². The molecule has 0 unspecified atom stereocenters. The smallest absolute Gasteiger partial charge is 0.0953 e. The van der Waals surface area contributed by atoms with Gasteiger partial charge in [0.15, 0.2) is 0 Å². The topological polar surface area (TPSA) is 12.0 Å². The van der Waals surface area contributed by atoms with Crippen molar-refractivity contribution in [2.75, 3.05) is 5.32 Å². The molecule has 0 saturated heterocycles. The van der Waals surface area contributed by atoms with Crippen LogP contribution in [0.3, 0.4) is 0 Å². The first-order chi connectivity index (χ1) is 9.34. The normalized spacial score (nSPS) is 10.8. The predicted octanol–water partition coefficient (Wildman–Crippen LogP) is 5.77. The maximum absolute atomic E-state index is 3.63. The highest BCUT2D eigenvalue weighted by molar-refractivity contribution is 9.10. The van der Waals surface area contributed by atoms with E-state index in [0.717, 1.165) is 10.2 Å². The van der Waals surface area contributed by atoms with Crippen molar-refractivity contribution in [1.82, 2.24) is 0 Å². The third kappa shape index (κ3) is 2.91. The lowest BCUT2D eigenvalue weighted by molar-refractivity contribution is 0.991. The highest BCUT2D eigenvalue weighted by Crippen LogP contribution is 2.34. The molecule has 0 aliphatic rings. The van der Waals surface area contributed by atoms with Gasteiger partial charge in [0.2, 0.25) is 0 Å². The van der Waals surface area contributed by atoms with E-state index in [2.05, 4.69) is 68.4 Å². The SMILES string of the molecule is Brc1ccccc1NC(c1cccs1)c1cccs1. The number of benzene rings is 1. The Labute approximate surface area is 129 Å². The molecule has 0 fully saturated rings. The summed E-state index contributed by atoms with van der Waals surface area (Å²) in [4.78, 5) is 2.66. The summed E-state index contributed by atoms with van der Waals surface area (Å²) < 4.78 is 1.09. The van der Waals surface area contributed by atoms with E-state index in [4.69, 9.17) is 0 Å². The van der Waals surface area contributed by atoms with Gasteiger partial charge in [-0.25, -0.2) is 0 Å². The predicted molar refractivity (Wildman–Crippen MR) is 88.2 cm³/mol. The quantitative estimate of drug-likeness (QED) is 0.629. The van der Waals surface area contributed by atoms with Gasteiger partial charge in [-0.15, -0.1) is 22.7 Å². The van der Waals surface area contributed by atoms with Gasteiger partial charge < -0.3 is 5.32 Å². The zero-order valence-corrected chi connectivity index (χ0v) is 13.3. The van der Waals surface area contributed by atoms with Crippen molar-refractivity contribution in [3.8, 4) is 0 Å². The van der Waals surface area contributed by atoms with E-state index in [1.165, 1.54) is 9.75 Å². The molecule has 1 aromatic carbocycles. The van der Waals surface area contributed by atoms with Crippen molar-refractivity contribution < 1.29 is 0 Å². The molecule has 0 bridgehead atoms. The Morgan fingerprint density at radius 3 is 2.00 bits per heavy atom. The summed E-state index contributed by atoms with van der Waals surface area (Å²) in [6.07, 6.45) is 0. The first-order valence-corrected chi connectivity index (χ1v) is 8.47. The molecular weight excluding hydrogens is 338 g/mol. The second-order valence-corrected chi connectivity index (χ2v) is 6.90. The van der Waals surface area contributed by atoms with Crippen molar-refractivity contribution in [3.05, 3.63) is 73.5 Å². The molecule has 3 rings (SSSR count). The summed E-state index contributed by atoms with van der Waals surface area (Å²) in [6, 6.07) is 17.0. The summed E-state index contributed by atoms with van der Waals surface area (Å²) in [5.41, 5.74) is 1.12. The average Bonchev–Trinajstić information content (AvgIpc) is 3.11. The van der Waals surface area contributed by atoms with Gasteiger partial charge in [-0.3, -0.25) is 0 Å². The van der Waals surface area contributed by atoms with Gasteiger partial charge in [0.1, 0.15) is 0 Å². The van der Waals surface area contributed by atoms with E-state index in [1.807, 2.05) is 12.1 Å². The Hall–Kier alpha value is -1.10. The van der Waals surface area contributed by atoms with Gasteiger partial charge in [0.25, 0.3) is 0 Å². The number of para-hydroxylation sites is 1. The van der Waals surface area contributed by atoms with Crippen LogP contribution in [0, 0.1) is 0 Å². The van der Waals surface area contributed by atoms with Crippen molar-refractivity contribution in [1.29, 1.82) is 0 Å². The highest BCUT2D eigenvalue weighted by atomic mass is 79.9. The van der Waals surface area contributed by atoms with Crippen LogP contribution in [0.2, 0.25) is 0 Å². The number of hydrogen-bond acceptors (Lipinski definition) is 3. The maximum Gasteiger partial charge on any atom is 0.0953 e. The van der Waals surface area contributed by atoms with Gasteiger partial charge in [-0.1, -0.05) is 24.3 Å². The molecule has 3 aromatic rings. The molecule has 1 N–H and O–H groups in total. The molecule has 19 heavy (non-hydrogen) atoms. The van der Waals surface area contributed by atoms with Crippen molar-refractivity contribution in [2.45, 2.75) is 6.04 Å². The summed E-state index contributed by atoms with van der Waals surface area (Å²) in [5.74, 6) is 0. The Balaban J connectivity index is 1.95. The van der Waals surface area contributed by atoms with Gasteiger partial charge >= 0.3 is 0 Å². The number of rotatable bonds is 4. The molecule has 0 aliphatic heterocycles. The van der Waals surface area contributed by atoms with E-state index >= 15 is 0 Å². The fraction of sp³-hybridized carbons (Fsp3) is 0.0667. The second-order valence-electron chi connectivity index (χ2n) is 4.09. The molecule has 4 heteroatoms. The minimum Gasteiger partial charge on any atom is -0.372 e. The number of halogens is 1. The number of anilines is 1. The molecule has 96 valence electrons. The number of thiophene rings is 2. The highest BCUT2D eigenvalue weighted by Gasteiger charge is 2.16. The Kier molecular flexibility index (Phi) is 4.01. The van der Waals surface area contributed by atoms with Crippen LogP contribution in [0.25, 0.3) is 0 Å². The summed E-state index contributed by atoms with van der Waals surface area (Å²) in [6.45, 7) is 0. The van der Waals surface area contributed by atoms with E-state index in [0.29, 0.717) is 0 Å². The van der Waals surface area contributed by atoms with Gasteiger partial charge in [-0.2, -0.15) is 0 Å². The monoisotopic (exact) mass is 349 g/mol. The zero-order chi connectivity index (χ0) is 13.1. The van der Waals surface area contributed by atoms with Crippen LogP contribution < -0.4 is 5.32 Å². The molecule has 1 nitrogen and oxygen atoms in total. The van der Waals surface area contributed by atoms with Crippen LogP contribution in [-0.2, 0) is 0 Å². The summed E-state index contributed by atoms with van der Waals surface area (Å²) >= 11 is 7.16. The zero-order valence-electron chi connectivity index (χ0n) is 10.0. The Bertz CT molecular complexity index is 598. The van der Waals surface area contributed by atoms with E-state index in [1.54, 1.807) is 22.7 Å². The minimum atomic E-state index is 0.221. The van der Waals surface area contributed by atoms with Crippen LogP contribution in [0.15, 0.2) is 63.8 Å².